The molecule has 0 spiro atoms. The van der Waals surface area contributed by atoms with E-state index < -0.39 is 17.6 Å². The monoisotopic (exact) mass is 243 g/mol. The highest BCUT2D eigenvalue weighted by atomic mass is 19.4. The molecular weight excluding hydrogens is 235 g/mol. The van der Waals surface area contributed by atoms with Crippen molar-refractivity contribution < 1.29 is 13.2 Å². The maximum atomic E-state index is 12.4. The first-order chi connectivity index (χ1) is 7.88. The van der Waals surface area contributed by atoms with Gasteiger partial charge in [0.2, 0.25) is 0 Å². The van der Waals surface area contributed by atoms with E-state index in [0.717, 1.165) is 5.69 Å². The lowest BCUT2D eigenvalue weighted by atomic mass is 10.3. The van der Waals surface area contributed by atoms with Crippen molar-refractivity contribution in [1.82, 2.24) is 20.2 Å². The molecule has 0 saturated heterocycles. The van der Waals surface area contributed by atoms with E-state index in [1.165, 1.54) is 0 Å². The van der Waals surface area contributed by atoms with E-state index in [1.54, 1.807) is 13.0 Å². The average Bonchev–Trinajstić information content (AvgIpc) is 2.62. The molecule has 2 aromatic rings. The van der Waals surface area contributed by atoms with Crippen LogP contribution in [0.25, 0.3) is 11.5 Å². The summed E-state index contributed by atoms with van der Waals surface area (Å²) in [6, 6.07) is 1.61. The molecule has 2 heterocycles. The molecule has 17 heavy (non-hydrogen) atoms. The van der Waals surface area contributed by atoms with E-state index >= 15 is 0 Å². The van der Waals surface area contributed by atoms with Gasteiger partial charge in [0.1, 0.15) is 17.1 Å². The fourth-order valence-corrected chi connectivity index (χ4v) is 1.27. The number of nitrogen functional groups attached to an aromatic ring is 1. The number of hydrogen-bond acceptors (Lipinski definition) is 4. The van der Waals surface area contributed by atoms with Crippen LogP contribution >= 0.6 is 0 Å². The Morgan fingerprint density at radius 1 is 1.35 bits per heavy atom. The molecule has 0 aliphatic heterocycles. The summed E-state index contributed by atoms with van der Waals surface area (Å²) in [7, 11) is 0. The number of aromatic nitrogens is 4. The number of anilines is 1. The lowest BCUT2D eigenvalue weighted by Gasteiger charge is -2.08. The number of rotatable bonds is 1. The fourth-order valence-electron chi connectivity index (χ4n) is 1.27. The summed E-state index contributed by atoms with van der Waals surface area (Å²) in [5.41, 5.74) is 5.30. The van der Waals surface area contributed by atoms with Crippen molar-refractivity contribution in [3.05, 3.63) is 23.5 Å². The standard InChI is InChI=1S/C9H8F3N5/c1-4-2-6(17-16-4)8-14-3-5(7(13)15-8)9(10,11)12/h2-3H,1H3,(H,16,17)(H2,13,14,15). The summed E-state index contributed by atoms with van der Waals surface area (Å²) >= 11 is 0. The Hall–Kier alpha value is -2.12. The minimum absolute atomic E-state index is 0.0554. The van der Waals surface area contributed by atoms with Crippen LogP contribution < -0.4 is 5.73 Å². The summed E-state index contributed by atoms with van der Waals surface area (Å²) in [6.07, 6.45) is -3.90. The molecule has 0 fully saturated rings. The van der Waals surface area contributed by atoms with Gasteiger partial charge >= 0.3 is 6.18 Å². The van der Waals surface area contributed by atoms with Gasteiger partial charge in [0.15, 0.2) is 5.82 Å². The maximum absolute atomic E-state index is 12.4. The van der Waals surface area contributed by atoms with Crippen LogP contribution in [0, 0.1) is 6.92 Å². The molecule has 0 aliphatic rings. The van der Waals surface area contributed by atoms with Crippen LogP contribution in [0.2, 0.25) is 0 Å². The van der Waals surface area contributed by atoms with E-state index in [2.05, 4.69) is 20.2 Å². The average molecular weight is 243 g/mol. The van der Waals surface area contributed by atoms with Crippen LogP contribution in [0.15, 0.2) is 12.3 Å². The molecule has 0 aromatic carbocycles. The van der Waals surface area contributed by atoms with Crippen LogP contribution in [0.4, 0.5) is 19.0 Å². The molecule has 0 aliphatic carbocycles. The van der Waals surface area contributed by atoms with Crippen LogP contribution in [-0.4, -0.2) is 20.2 Å². The van der Waals surface area contributed by atoms with Crippen LogP contribution in [0.5, 0.6) is 0 Å². The number of halogens is 3. The molecule has 0 saturated carbocycles. The first-order valence-corrected chi connectivity index (χ1v) is 4.60. The summed E-state index contributed by atoms with van der Waals surface area (Å²) in [5, 5.41) is 6.47. The molecule has 0 amide bonds. The lowest BCUT2D eigenvalue weighted by Crippen LogP contribution is -2.11. The summed E-state index contributed by atoms with van der Waals surface area (Å²) in [4.78, 5) is 7.18. The van der Waals surface area contributed by atoms with Gasteiger partial charge < -0.3 is 5.73 Å². The topological polar surface area (TPSA) is 80.5 Å². The second kappa shape index (κ2) is 3.72. The number of nitrogens with zero attached hydrogens (tertiary/aromatic N) is 3. The third kappa shape index (κ3) is 2.19. The number of alkyl halides is 3. The maximum Gasteiger partial charge on any atom is 0.421 e. The summed E-state index contributed by atoms with van der Waals surface area (Å²) < 4.78 is 37.2. The van der Waals surface area contributed by atoms with Crippen molar-refractivity contribution in [2.75, 3.05) is 5.73 Å². The van der Waals surface area contributed by atoms with E-state index in [-0.39, 0.29) is 5.82 Å². The van der Waals surface area contributed by atoms with Crippen molar-refractivity contribution in [2.24, 2.45) is 0 Å². The number of nitrogens with one attached hydrogen (secondary N) is 1. The third-order valence-corrected chi connectivity index (χ3v) is 2.06. The Labute approximate surface area is 93.9 Å². The Bertz CT molecular complexity index is 546. The largest absolute Gasteiger partial charge is 0.421 e. The van der Waals surface area contributed by atoms with Gasteiger partial charge in [-0.2, -0.15) is 18.3 Å². The first-order valence-electron chi connectivity index (χ1n) is 4.60. The molecule has 8 heteroatoms. The van der Waals surface area contributed by atoms with Gasteiger partial charge in [-0.15, -0.1) is 0 Å². The predicted molar refractivity (Wildman–Crippen MR) is 53.8 cm³/mol. The normalized spacial score (nSPS) is 11.8. The van der Waals surface area contributed by atoms with Gasteiger partial charge in [-0.1, -0.05) is 0 Å². The van der Waals surface area contributed by atoms with Gasteiger partial charge in [0, 0.05) is 11.9 Å². The van der Waals surface area contributed by atoms with Crippen molar-refractivity contribution in [3.63, 3.8) is 0 Å². The Balaban J connectivity index is 2.44. The number of nitrogens with two attached hydrogens (primary N) is 1. The minimum atomic E-state index is -4.55. The van der Waals surface area contributed by atoms with Gasteiger partial charge in [0.25, 0.3) is 0 Å². The Kier molecular flexibility index (Phi) is 2.49. The highest BCUT2D eigenvalue weighted by Gasteiger charge is 2.34. The lowest BCUT2D eigenvalue weighted by molar-refractivity contribution is -0.137. The van der Waals surface area contributed by atoms with Crippen molar-refractivity contribution >= 4 is 5.82 Å². The van der Waals surface area contributed by atoms with E-state index in [0.29, 0.717) is 11.9 Å². The second-order valence-corrected chi connectivity index (χ2v) is 3.43. The zero-order chi connectivity index (χ0) is 12.6. The molecular formula is C9H8F3N5. The molecule has 90 valence electrons. The summed E-state index contributed by atoms with van der Waals surface area (Å²) in [5.74, 6) is -0.553. The van der Waals surface area contributed by atoms with Crippen molar-refractivity contribution in [1.29, 1.82) is 0 Å². The number of H-pyrrole nitrogens is 1. The first kappa shape index (κ1) is 11.4. The third-order valence-electron chi connectivity index (χ3n) is 2.06. The van der Waals surface area contributed by atoms with E-state index in [9.17, 15) is 13.2 Å². The van der Waals surface area contributed by atoms with Crippen LogP contribution in [0.1, 0.15) is 11.3 Å². The highest BCUT2D eigenvalue weighted by molar-refractivity contribution is 5.53. The van der Waals surface area contributed by atoms with E-state index in [4.69, 9.17) is 5.73 Å². The zero-order valence-corrected chi connectivity index (χ0v) is 8.71. The van der Waals surface area contributed by atoms with Gasteiger partial charge in [-0.05, 0) is 13.0 Å². The predicted octanol–water partition coefficient (Wildman–Crippen LogP) is 1.78. The second-order valence-electron chi connectivity index (χ2n) is 3.43. The van der Waals surface area contributed by atoms with Gasteiger partial charge in [-0.25, -0.2) is 9.97 Å². The molecule has 0 bridgehead atoms. The molecule has 2 aromatic heterocycles. The smallest absolute Gasteiger partial charge is 0.383 e. The highest BCUT2D eigenvalue weighted by Crippen LogP contribution is 2.32. The van der Waals surface area contributed by atoms with Crippen LogP contribution in [-0.2, 0) is 6.18 Å². The molecule has 2 rings (SSSR count). The minimum Gasteiger partial charge on any atom is -0.383 e. The molecule has 3 N–H and O–H groups in total. The van der Waals surface area contributed by atoms with Gasteiger partial charge in [-0.3, -0.25) is 5.10 Å². The zero-order valence-electron chi connectivity index (χ0n) is 8.71. The Morgan fingerprint density at radius 3 is 2.53 bits per heavy atom. The van der Waals surface area contributed by atoms with Crippen molar-refractivity contribution in [2.45, 2.75) is 13.1 Å². The summed E-state index contributed by atoms with van der Waals surface area (Å²) in [6.45, 7) is 1.75. The molecule has 0 unspecified atom stereocenters. The number of aryl methyl sites for hydroxylation is 1. The molecule has 0 radical (unpaired) electrons. The number of aromatic amines is 1. The fraction of sp³-hybridized carbons (Fsp3) is 0.222. The number of hydrogen-bond donors (Lipinski definition) is 2. The molecule has 5 nitrogen and oxygen atoms in total. The Morgan fingerprint density at radius 2 is 2.06 bits per heavy atom. The van der Waals surface area contributed by atoms with Crippen molar-refractivity contribution in [3.8, 4) is 11.5 Å². The van der Waals surface area contributed by atoms with Crippen LogP contribution in [0.3, 0.4) is 0 Å². The SMILES string of the molecule is Cc1cc(-c2ncc(C(F)(F)F)c(N)n2)n[nH]1. The quantitative estimate of drug-likeness (QED) is 0.799. The molecule has 0 atom stereocenters. The van der Waals surface area contributed by atoms with E-state index in [1.807, 2.05) is 0 Å². The van der Waals surface area contributed by atoms with Gasteiger partial charge in [0.05, 0.1) is 0 Å².